The number of nitrogens with one attached hydrogen (secondary N) is 1. The molecule has 1 aliphatic rings. The predicted molar refractivity (Wildman–Crippen MR) is 167 cm³/mol. The molecule has 0 atom stereocenters. The topological polar surface area (TPSA) is 219 Å². The minimum atomic E-state index is -0.947. The third kappa shape index (κ3) is 10.5. The number of benzene rings is 2. The average Bonchev–Trinajstić information content (AvgIpc) is 3.01. The molecule has 2 bridgehead atoms. The van der Waals surface area contributed by atoms with Crippen LogP contribution >= 0.6 is 0 Å². The lowest BCUT2D eigenvalue weighted by atomic mass is 10.0. The number of esters is 2. The van der Waals surface area contributed by atoms with E-state index in [0.717, 1.165) is 0 Å². The number of methoxy groups -OCH3 is 1. The predicted octanol–water partition coefficient (Wildman–Crippen LogP) is 3.01. The Morgan fingerprint density at radius 2 is 1.26 bits per heavy atom. The van der Waals surface area contributed by atoms with Gasteiger partial charge >= 0.3 is 23.3 Å². The lowest BCUT2D eigenvalue weighted by molar-refractivity contribution is -0.401. The number of anilines is 2. The van der Waals surface area contributed by atoms with E-state index < -0.39 is 49.5 Å². The maximum atomic E-state index is 12.3. The summed E-state index contributed by atoms with van der Waals surface area (Å²) in [5.41, 5.74) is -1.60. The molecule has 2 aromatic carbocycles. The van der Waals surface area contributed by atoms with Crippen molar-refractivity contribution in [3.63, 3.8) is 0 Å². The van der Waals surface area contributed by atoms with Crippen molar-refractivity contribution in [2.75, 3.05) is 78.1 Å². The van der Waals surface area contributed by atoms with Crippen molar-refractivity contribution in [3.05, 3.63) is 65.7 Å². The second-order valence-corrected chi connectivity index (χ2v) is 10.4. The normalized spacial score (nSPS) is 14.8. The fourth-order valence-corrected chi connectivity index (χ4v) is 5.09. The van der Waals surface area contributed by atoms with Gasteiger partial charge in [0.2, 0.25) is 0 Å². The van der Waals surface area contributed by atoms with Crippen LogP contribution in [0, 0.1) is 30.3 Å². The van der Waals surface area contributed by atoms with E-state index in [4.69, 9.17) is 18.9 Å². The molecule has 0 unspecified atom stereocenters. The molecule has 0 fully saturated rings. The fraction of sp³-hybridized carbons (Fsp3) is 0.517. The molecule has 18 heteroatoms. The van der Waals surface area contributed by atoms with Gasteiger partial charge in [-0.05, 0) is 49.9 Å². The number of carbonyl (C=O) groups excluding carboxylic acids is 2. The van der Waals surface area contributed by atoms with E-state index in [1.165, 1.54) is 7.11 Å². The van der Waals surface area contributed by atoms with Crippen molar-refractivity contribution in [1.82, 2.24) is 9.80 Å². The van der Waals surface area contributed by atoms with Crippen LogP contribution in [0.1, 0.15) is 25.0 Å². The van der Waals surface area contributed by atoms with Crippen LogP contribution in [0.5, 0.6) is 5.75 Å². The number of hydrogen-bond donors (Lipinski definition) is 1. The van der Waals surface area contributed by atoms with Gasteiger partial charge in [-0.25, -0.2) is 0 Å². The molecule has 3 rings (SSSR count). The van der Waals surface area contributed by atoms with Gasteiger partial charge in [0, 0.05) is 31.9 Å². The van der Waals surface area contributed by atoms with E-state index in [0.29, 0.717) is 81.2 Å². The number of hydrogen-bond acceptors (Lipinski definition) is 15. The molecule has 0 radical (unpaired) electrons. The first-order valence-corrected chi connectivity index (χ1v) is 14.9. The van der Waals surface area contributed by atoms with Crippen LogP contribution in [0.2, 0.25) is 0 Å². The first-order valence-electron chi connectivity index (χ1n) is 14.9. The highest BCUT2D eigenvalue weighted by molar-refractivity contribution is 5.82. The first kappa shape index (κ1) is 36.5. The molecule has 0 amide bonds. The summed E-state index contributed by atoms with van der Waals surface area (Å²) in [6.45, 7) is 5.87. The van der Waals surface area contributed by atoms with Gasteiger partial charge in [0.15, 0.2) is 5.69 Å². The Morgan fingerprint density at radius 1 is 0.787 bits per heavy atom. The number of non-ortho nitro benzene ring substituents is 1. The van der Waals surface area contributed by atoms with Crippen LogP contribution in [0.3, 0.4) is 0 Å². The average molecular weight is 663 g/mol. The van der Waals surface area contributed by atoms with Crippen LogP contribution in [-0.4, -0.2) is 109 Å². The van der Waals surface area contributed by atoms with Crippen molar-refractivity contribution in [2.45, 2.75) is 26.7 Å². The van der Waals surface area contributed by atoms with Crippen LogP contribution < -0.4 is 10.1 Å². The number of nitro benzene ring substituents is 3. The lowest BCUT2D eigenvalue weighted by Crippen LogP contribution is -2.37. The highest BCUT2D eigenvalue weighted by Crippen LogP contribution is 2.41. The largest absolute Gasteiger partial charge is 0.496 e. The van der Waals surface area contributed by atoms with E-state index in [-0.39, 0.29) is 32.0 Å². The molecule has 0 saturated heterocycles. The summed E-state index contributed by atoms with van der Waals surface area (Å²) in [4.78, 5) is 60.8. The van der Waals surface area contributed by atoms with Crippen molar-refractivity contribution in [2.24, 2.45) is 0 Å². The summed E-state index contributed by atoms with van der Waals surface area (Å²) in [5.74, 6) is -0.353. The summed E-state index contributed by atoms with van der Waals surface area (Å²) in [6.07, 6.45) is 0.643. The number of fused-ring (bicyclic) bond motifs is 2. The highest BCUT2D eigenvalue weighted by atomic mass is 16.6. The number of nitro groups is 3. The Hall–Kier alpha value is -4.94. The van der Waals surface area contributed by atoms with Gasteiger partial charge in [0.25, 0.3) is 5.69 Å². The third-order valence-electron chi connectivity index (χ3n) is 7.22. The summed E-state index contributed by atoms with van der Waals surface area (Å²) in [5, 5.41) is 38.0. The Balaban J connectivity index is 2.11. The molecule has 0 aromatic heterocycles. The smallest absolute Gasteiger partial charge is 0.320 e. The molecule has 0 saturated carbocycles. The van der Waals surface area contributed by atoms with E-state index >= 15 is 0 Å². The Morgan fingerprint density at radius 3 is 1.64 bits per heavy atom. The van der Waals surface area contributed by atoms with Gasteiger partial charge in [-0.2, -0.15) is 0 Å². The van der Waals surface area contributed by atoms with Crippen molar-refractivity contribution in [3.8, 4) is 5.75 Å². The van der Waals surface area contributed by atoms with Crippen LogP contribution in [0.15, 0.2) is 24.3 Å². The molecule has 0 spiro atoms. The van der Waals surface area contributed by atoms with Gasteiger partial charge in [0.1, 0.15) is 5.75 Å². The third-order valence-corrected chi connectivity index (χ3v) is 7.22. The summed E-state index contributed by atoms with van der Waals surface area (Å²) in [7, 11) is 1.48. The summed E-state index contributed by atoms with van der Waals surface area (Å²) in [6, 6.07) is 4.53. The maximum absolute atomic E-state index is 12.3. The fourth-order valence-electron chi connectivity index (χ4n) is 5.09. The highest BCUT2D eigenvalue weighted by Gasteiger charge is 2.31. The van der Waals surface area contributed by atoms with Crippen molar-refractivity contribution in [1.29, 1.82) is 0 Å². The molecular weight excluding hydrogens is 624 g/mol. The molecular formula is C29H38N6O12. The van der Waals surface area contributed by atoms with Gasteiger partial charge < -0.3 is 24.3 Å². The molecule has 18 nitrogen and oxygen atoms in total. The summed E-state index contributed by atoms with van der Waals surface area (Å²) >= 11 is 0. The monoisotopic (exact) mass is 662 g/mol. The number of rotatable bonds is 12. The Bertz CT molecular complexity index is 1380. The number of ether oxygens (including phenoxy) is 4. The molecule has 1 N–H and O–H groups in total. The van der Waals surface area contributed by atoms with E-state index in [1.54, 1.807) is 26.0 Å². The molecule has 1 heterocycles. The molecule has 256 valence electrons. The van der Waals surface area contributed by atoms with Crippen LogP contribution in [-0.2, 0) is 36.6 Å². The molecule has 47 heavy (non-hydrogen) atoms. The van der Waals surface area contributed by atoms with Crippen LogP contribution in [0.25, 0.3) is 0 Å². The first-order chi connectivity index (χ1) is 22.5. The molecule has 2 aromatic rings. The van der Waals surface area contributed by atoms with Gasteiger partial charge in [-0.1, -0.05) is 0 Å². The quantitative estimate of drug-likeness (QED) is 0.196. The minimum Gasteiger partial charge on any atom is -0.496 e. The second-order valence-electron chi connectivity index (χ2n) is 10.4. The van der Waals surface area contributed by atoms with Crippen molar-refractivity contribution < 1.29 is 43.3 Å². The maximum Gasteiger partial charge on any atom is 0.320 e. The summed E-state index contributed by atoms with van der Waals surface area (Å²) < 4.78 is 21.9. The van der Waals surface area contributed by atoms with E-state index in [1.807, 2.05) is 9.80 Å². The van der Waals surface area contributed by atoms with E-state index in [9.17, 15) is 39.9 Å². The number of nitrogens with zero attached hydrogens (tertiary/aromatic N) is 5. The SMILES string of the molecule is CCOC(=O)CN1CCOCCN(CC(=O)OCC)CCc2cc(Nc3c([N+](=O)[O-])cc([N+](=O)[O-])cc3[N+](=O)[O-])cc(c2OC)CC1. The van der Waals surface area contributed by atoms with Crippen LogP contribution in [0.4, 0.5) is 28.4 Å². The van der Waals surface area contributed by atoms with Gasteiger partial charge in [0.05, 0.1) is 73.5 Å². The van der Waals surface area contributed by atoms with Gasteiger partial charge in [-0.3, -0.25) is 49.7 Å². The van der Waals surface area contributed by atoms with Crippen molar-refractivity contribution >= 4 is 40.4 Å². The molecule has 1 aliphatic heterocycles. The molecule has 0 aliphatic carbocycles. The Labute approximate surface area is 269 Å². The standard InChI is InChI=1S/C29H38N6O12/c1-4-46-26(36)18-31-8-6-20-14-22(30-28-24(34(40)41)16-23(33(38)39)17-25(28)35(42)43)15-21(29(20)44-3)7-9-32(11-13-45-12-10-31)19-27(37)47-5-2/h14-17,30H,4-13,18-19H2,1-3H3. The second kappa shape index (κ2) is 17.7. The van der Waals surface area contributed by atoms with E-state index in [2.05, 4.69) is 5.32 Å². The number of carbonyl (C=O) groups is 2. The minimum absolute atomic E-state index is 0.0134. The zero-order valence-electron chi connectivity index (χ0n) is 26.4. The Kier molecular flexibility index (Phi) is 13.7. The zero-order valence-corrected chi connectivity index (χ0v) is 26.4. The lowest BCUT2D eigenvalue weighted by Gasteiger charge is -2.26. The van der Waals surface area contributed by atoms with Gasteiger partial charge in [-0.15, -0.1) is 0 Å². The zero-order chi connectivity index (χ0) is 34.5.